The van der Waals surface area contributed by atoms with E-state index < -0.39 is 0 Å². The summed E-state index contributed by atoms with van der Waals surface area (Å²) < 4.78 is 0. The maximum atomic E-state index is 11.0. The zero-order valence-electron chi connectivity index (χ0n) is 13.9. The van der Waals surface area contributed by atoms with E-state index in [-0.39, 0.29) is 5.91 Å². The van der Waals surface area contributed by atoms with Crippen LogP contribution in [0, 0.1) is 0 Å². The fourth-order valence-electron chi connectivity index (χ4n) is 2.48. The van der Waals surface area contributed by atoms with Gasteiger partial charge in [-0.25, -0.2) is 0 Å². The number of benzene rings is 1. The Bertz CT molecular complexity index is 696. The predicted molar refractivity (Wildman–Crippen MR) is 93.6 cm³/mol. The molecule has 3 rings (SSSR count). The number of nitrogens with one attached hydrogen (secondary N) is 2. The lowest BCUT2D eigenvalue weighted by atomic mass is 10.3. The van der Waals surface area contributed by atoms with Gasteiger partial charge in [-0.1, -0.05) is 0 Å². The number of likely N-dealkylation sites (N-methyl/N-ethyl adjacent to an activating group) is 1. The number of hydrogen-bond acceptors (Lipinski definition) is 7. The minimum Gasteiger partial charge on any atom is -0.339 e. The molecule has 1 fully saturated rings. The Balaban J connectivity index is 1.67. The van der Waals surface area contributed by atoms with E-state index in [1.807, 2.05) is 24.3 Å². The maximum Gasteiger partial charge on any atom is 0.247 e. The molecular weight excluding hydrogens is 306 g/mol. The number of nitrogens with zero attached hydrogens (tertiary/aromatic N) is 5. The van der Waals surface area contributed by atoms with Crippen LogP contribution in [0.15, 0.2) is 30.5 Å². The molecule has 1 saturated heterocycles. The van der Waals surface area contributed by atoms with Gasteiger partial charge in [-0.3, -0.25) is 4.79 Å². The summed E-state index contributed by atoms with van der Waals surface area (Å²) in [6.07, 6.45) is 1.60. The topological polar surface area (TPSA) is 86.3 Å². The SMILES string of the molecule is CC(=O)Nc1ccc(Nc2cnnc(N3CCN(C)CC3)n2)cc1. The van der Waals surface area contributed by atoms with E-state index in [1.54, 1.807) is 6.20 Å². The molecule has 0 aliphatic carbocycles. The van der Waals surface area contributed by atoms with Crippen molar-refractivity contribution in [1.29, 1.82) is 0 Å². The van der Waals surface area contributed by atoms with Crippen LogP contribution in [0.4, 0.5) is 23.1 Å². The average molecular weight is 327 g/mol. The van der Waals surface area contributed by atoms with Crippen LogP contribution in [0.1, 0.15) is 6.92 Å². The summed E-state index contributed by atoms with van der Waals surface area (Å²) in [5.74, 6) is 1.20. The second-order valence-electron chi connectivity index (χ2n) is 5.82. The molecule has 2 N–H and O–H groups in total. The summed E-state index contributed by atoms with van der Waals surface area (Å²) >= 11 is 0. The van der Waals surface area contributed by atoms with Crippen LogP contribution in [0.25, 0.3) is 0 Å². The summed E-state index contributed by atoms with van der Waals surface area (Å²) in [5.41, 5.74) is 1.63. The van der Waals surface area contributed by atoms with Crippen molar-refractivity contribution in [2.45, 2.75) is 6.92 Å². The molecule has 1 aliphatic heterocycles. The smallest absolute Gasteiger partial charge is 0.247 e. The molecule has 0 unspecified atom stereocenters. The van der Waals surface area contributed by atoms with Crippen molar-refractivity contribution in [1.82, 2.24) is 20.1 Å². The molecule has 8 heteroatoms. The van der Waals surface area contributed by atoms with Crippen LogP contribution in [0.5, 0.6) is 0 Å². The number of anilines is 4. The highest BCUT2D eigenvalue weighted by Gasteiger charge is 2.17. The quantitative estimate of drug-likeness (QED) is 0.876. The number of rotatable bonds is 4. The molecule has 0 atom stereocenters. The van der Waals surface area contributed by atoms with Gasteiger partial charge in [0, 0.05) is 44.5 Å². The Labute approximate surface area is 140 Å². The number of carbonyl (C=O) groups is 1. The van der Waals surface area contributed by atoms with Crippen LogP contribution in [-0.2, 0) is 4.79 Å². The molecule has 1 aliphatic rings. The van der Waals surface area contributed by atoms with Gasteiger partial charge in [0.1, 0.15) is 0 Å². The third-order valence-corrected chi connectivity index (χ3v) is 3.81. The molecule has 1 amide bonds. The van der Waals surface area contributed by atoms with E-state index in [1.165, 1.54) is 6.92 Å². The number of piperazine rings is 1. The van der Waals surface area contributed by atoms with Crippen LogP contribution in [0.3, 0.4) is 0 Å². The number of aromatic nitrogens is 3. The van der Waals surface area contributed by atoms with Crippen molar-refractivity contribution in [3.05, 3.63) is 30.5 Å². The van der Waals surface area contributed by atoms with Crippen molar-refractivity contribution in [2.75, 3.05) is 48.8 Å². The van der Waals surface area contributed by atoms with E-state index in [4.69, 9.17) is 0 Å². The van der Waals surface area contributed by atoms with Crippen LogP contribution < -0.4 is 15.5 Å². The highest BCUT2D eigenvalue weighted by atomic mass is 16.1. The number of amides is 1. The molecule has 1 aromatic heterocycles. The Hall–Kier alpha value is -2.74. The van der Waals surface area contributed by atoms with Crippen molar-refractivity contribution in [3.63, 3.8) is 0 Å². The molecule has 24 heavy (non-hydrogen) atoms. The van der Waals surface area contributed by atoms with Gasteiger partial charge in [0.2, 0.25) is 11.9 Å². The maximum absolute atomic E-state index is 11.0. The van der Waals surface area contributed by atoms with E-state index in [0.29, 0.717) is 11.8 Å². The highest BCUT2D eigenvalue weighted by Crippen LogP contribution is 2.18. The summed E-state index contributed by atoms with van der Waals surface area (Å²) in [5, 5.41) is 14.1. The number of hydrogen-bond donors (Lipinski definition) is 2. The van der Waals surface area contributed by atoms with Crippen molar-refractivity contribution in [3.8, 4) is 0 Å². The number of carbonyl (C=O) groups excluding carboxylic acids is 1. The molecular formula is C16H21N7O. The molecule has 0 spiro atoms. The molecule has 1 aromatic carbocycles. The second-order valence-corrected chi connectivity index (χ2v) is 5.82. The predicted octanol–water partition coefficient (Wildman–Crippen LogP) is 1.33. The summed E-state index contributed by atoms with van der Waals surface area (Å²) in [6.45, 7) is 5.26. The van der Waals surface area contributed by atoms with Gasteiger partial charge in [0.25, 0.3) is 0 Å². The third-order valence-electron chi connectivity index (χ3n) is 3.81. The third kappa shape index (κ3) is 4.17. The van der Waals surface area contributed by atoms with Gasteiger partial charge >= 0.3 is 0 Å². The molecule has 2 heterocycles. The minimum absolute atomic E-state index is 0.0903. The van der Waals surface area contributed by atoms with E-state index in [0.717, 1.165) is 37.6 Å². The molecule has 2 aromatic rings. The first-order valence-corrected chi connectivity index (χ1v) is 7.88. The Morgan fingerprint density at radius 1 is 1.08 bits per heavy atom. The van der Waals surface area contributed by atoms with E-state index >= 15 is 0 Å². The van der Waals surface area contributed by atoms with Gasteiger partial charge < -0.3 is 20.4 Å². The van der Waals surface area contributed by atoms with Gasteiger partial charge in [0.05, 0.1) is 6.20 Å². The molecule has 8 nitrogen and oxygen atoms in total. The normalized spacial score (nSPS) is 15.2. The highest BCUT2D eigenvalue weighted by molar-refractivity contribution is 5.88. The zero-order chi connectivity index (χ0) is 16.9. The van der Waals surface area contributed by atoms with Crippen molar-refractivity contribution < 1.29 is 4.79 Å². The van der Waals surface area contributed by atoms with E-state index in [9.17, 15) is 4.79 Å². The zero-order valence-corrected chi connectivity index (χ0v) is 13.9. The first-order chi connectivity index (χ1) is 11.6. The lowest BCUT2D eigenvalue weighted by molar-refractivity contribution is -0.114. The molecule has 126 valence electrons. The second kappa shape index (κ2) is 7.22. The lowest BCUT2D eigenvalue weighted by Gasteiger charge is -2.32. The Morgan fingerprint density at radius 2 is 1.75 bits per heavy atom. The molecule has 0 saturated carbocycles. The van der Waals surface area contributed by atoms with Crippen LogP contribution in [0.2, 0.25) is 0 Å². The fourth-order valence-corrected chi connectivity index (χ4v) is 2.48. The van der Waals surface area contributed by atoms with Gasteiger partial charge in [-0.2, -0.15) is 10.1 Å². The van der Waals surface area contributed by atoms with Crippen LogP contribution in [-0.4, -0.2) is 59.2 Å². The monoisotopic (exact) mass is 327 g/mol. The average Bonchev–Trinajstić information content (AvgIpc) is 2.57. The Kier molecular flexibility index (Phi) is 4.85. The molecule has 0 radical (unpaired) electrons. The molecule has 0 bridgehead atoms. The standard InChI is InChI=1S/C16H21N7O/c1-12(24)18-13-3-5-14(6-4-13)19-15-11-17-21-16(20-15)23-9-7-22(2)8-10-23/h3-6,11H,7-10H2,1-2H3,(H,18,24)(H,19,20,21). The lowest BCUT2D eigenvalue weighted by Crippen LogP contribution is -2.45. The van der Waals surface area contributed by atoms with Crippen molar-refractivity contribution >= 4 is 29.0 Å². The minimum atomic E-state index is -0.0903. The van der Waals surface area contributed by atoms with Crippen LogP contribution >= 0.6 is 0 Å². The van der Waals surface area contributed by atoms with Gasteiger partial charge in [0.15, 0.2) is 5.82 Å². The fraction of sp³-hybridized carbons (Fsp3) is 0.375. The Morgan fingerprint density at radius 3 is 2.42 bits per heavy atom. The largest absolute Gasteiger partial charge is 0.339 e. The summed E-state index contributed by atoms with van der Waals surface area (Å²) in [7, 11) is 2.11. The first-order valence-electron chi connectivity index (χ1n) is 7.88. The summed E-state index contributed by atoms with van der Waals surface area (Å²) in [6, 6.07) is 7.42. The van der Waals surface area contributed by atoms with Crippen molar-refractivity contribution in [2.24, 2.45) is 0 Å². The summed E-state index contributed by atoms with van der Waals surface area (Å²) in [4.78, 5) is 20.0. The van der Waals surface area contributed by atoms with E-state index in [2.05, 4.69) is 42.7 Å². The van der Waals surface area contributed by atoms with Gasteiger partial charge in [-0.05, 0) is 31.3 Å². The van der Waals surface area contributed by atoms with Gasteiger partial charge in [-0.15, -0.1) is 5.10 Å². The first kappa shape index (κ1) is 16.1.